The summed E-state index contributed by atoms with van der Waals surface area (Å²) in [5.74, 6) is 1.65. The van der Waals surface area contributed by atoms with Gasteiger partial charge in [-0.25, -0.2) is 4.99 Å². The minimum absolute atomic E-state index is 0.263. The molecule has 1 aliphatic rings. The van der Waals surface area contributed by atoms with E-state index >= 15 is 0 Å². The number of methoxy groups -OCH3 is 2. The Balaban J connectivity index is 2.07. The fourth-order valence-corrected chi connectivity index (χ4v) is 2.95. The molecule has 0 spiro atoms. The monoisotopic (exact) mass is 341 g/mol. The summed E-state index contributed by atoms with van der Waals surface area (Å²) in [4.78, 5) is 4.63. The van der Waals surface area contributed by atoms with E-state index in [1.807, 2.05) is 50.2 Å². The van der Waals surface area contributed by atoms with E-state index in [0.717, 1.165) is 5.56 Å². The van der Waals surface area contributed by atoms with E-state index in [1.165, 1.54) is 0 Å². The van der Waals surface area contributed by atoms with Gasteiger partial charge < -0.3 is 19.3 Å². The summed E-state index contributed by atoms with van der Waals surface area (Å²) >= 11 is 0. The van der Waals surface area contributed by atoms with Crippen molar-refractivity contribution in [1.29, 1.82) is 0 Å². The zero-order valence-electron chi connectivity index (χ0n) is 14.9. The van der Waals surface area contributed by atoms with Crippen LogP contribution in [-0.2, 0) is 4.74 Å². The van der Waals surface area contributed by atoms with Crippen LogP contribution < -0.4 is 9.47 Å². The lowest BCUT2D eigenvalue weighted by Gasteiger charge is -2.19. The molecule has 0 aromatic heterocycles. The Labute approximate surface area is 147 Å². The molecular weight excluding hydrogens is 318 g/mol. The van der Waals surface area contributed by atoms with E-state index in [-0.39, 0.29) is 5.54 Å². The molecular formula is C20H23NO4. The Hall–Kier alpha value is -2.53. The van der Waals surface area contributed by atoms with Crippen LogP contribution in [0.25, 0.3) is 0 Å². The zero-order valence-corrected chi connectivity index (χ0v) is 14.9. The van der Waals surface area contributed by atoms with Gasteiger partial charge in [0.15, 0.2) is 11.5 Å². The zero-order chi connectivity index (χ0) is 18.0. The number of rotatable bonds is 5. The minimum atomic E-state index is -0.892. The maximum absolute atomic E-state index is 11.0. The molecule has 3 rings (SSSR count). The summed E-state index contributed by atoms with van der Waals surface area (Å²) in [5, 5.41) is 11.0. The largest absolute Gasteiger partial charge is 0.493 e. The molecule has 5 nitrogen and oxygen atoms in total. The van der Waals surface area contributed by atoms with Crippen molar-refractivity contribution < 1.29 is 19.3 Å². The average molecular weight is 341 g/mol. The fourth-order valence-electron chi connectivity index (χ4n) is 2.95. The van der Waals surface area contributed by atoms with Crippen molar-refractivity contribution in [3.8, 4) is 11.5 Å². The molecule has 1 aliphatic heterocycles. The van der Waals surface area contributed by atoms with Gasteiger partial charge in [-0.1, -0.05) is 30.3 Å². The molecule has 132 valence electrons. The quantitative estimate of drug-likeness (QED) is 0.906. The van der Waals surface area contributed by atoms with E-state index in [1.54, 1.807) is 20.3 Å². The first-order chi connectivity index (χ1) is 12.0. The van der Waals surface area contributed by atoms with Crippen molar-refractivity contribution in [3.05, 3.63) is 59.2 Å². The first-order valence-corrected chi connectivity index (χ1v) is 8.18. The van der Waals surface area contributed by atoms with Crippen LogP contribution in [0.3, 0.4) is 0 Å². The van der Waals surface area contributed by atoms with E-state index in [2.05, 4.69) is 4.99 Å². The van der Waals surface area contributed by atoms with Gasteiger partial charge >= 0.3 is 0 Å². The summed E-state index contributed by atoms with van der Waals surface area (Å²) in [7, 11) is 3.14. The van der Waals surface area contributed by atoms with Gasteiger partial charge in [-0.05, 0) is 31.5 Å². The molecule has 5 heteroatoms. The van der Waals surface area contributed by atoms with Gasteiger partial charge in [0.25, 0.3) is 0 Å². The molecule has 1 heterocycles. The van der Waals surface area contributed by atoms with Crippen LogP contribution in [0.1, 0.15) is 36.6 Å². The van der Waals surface area contributed by atoms with Crippen molar-refractivity contribution in [1.82, 2.24) is 0 Å². The molecule has 1 atom stereocenters. The topological polar surface area (TPSA) is 60.3 Å². The van der Waals surface area contributed by atoms with Crippen molar-refractivity contribution in [2.75, 3.05) is 20.8 Å². The molecule has 1 N–H and O–H groups in total. The number of nitrogens with zero attached hydrogens (tertiary/aromatic N) is 1. The van der Waals surface area contributed by atoms with Gasteiger partial charge in [0.05, 0.1) is 19.8 Å². The molecule has 0 aliphatic carbocycles. The van der Waals surface area contributed by atoms with E-state index in [9.17, 15) is 5.11 Å². The minimum Gasteiger partial charge on any atom is -0.493 e. The number of hydrogen-bond acceptors (Lipinski definition) is 5. The Morgan fingerprint density at radius 2 is 1.76 bits per heavy atom. The molecule has 2 aromatic carbocycles. The third-order valence-corrected chi connectivity index (χ3v) is 4.18. The number of ether oxygens (including phenoxy) is 3. The van der Waals surface area contributed by atoms with E-state index in [4.69, 9.17) is 14.2 Å². The summed E-state index contributed by atoms with van der Waals surface area (Å²) in [6, 6.07) is 13.0. The van der Waals surface area contributed by atoms with Gasteiger partial charge in [-0.15, -0.1) is 0 Å². The highest BCUT2D eigenvalue weighted by atomic mass is 16.5. The van der Waals surface area contributed by atoms with Gasteiger partial charge in [0.1, 0.15) is 12.7 Å². The van der Waals surface area contributed by atoms with Crippen molar-refractivity contribution in [2.24, 2.45) is 4.99 Å². The summed E-state index contributed by atoms with van der Waals surface area (Å²) < 4.78 is 16.6. The number of aliphatic hydroxyl groups is 1. The molecule has 0 bridgehead atoms. The van der Waals surface area contributed by atoms with Crippen LogP contribution in [0, 0.1) is 0 Å². The van der Waals surface area contributed by atoms with Crippen LogP contribution in [0.2, 0.25) is 0 Å². The van der Waals surface area contributed by atoms with Crippen LogP contribution in [-0.4, -0.2) is 37.4 Å². The maximum Gasteiger partial charge on any atom is 0.217 e. The summed E-state index contributed by atoms with van der Waals surface area (Å²) in [6.07, 6.45) is -0.892. The molecule has 25 heavy (non-hydrogen) atoms. The normalized spacial score (nSPS) is 16.8. The third-order valence-electron chi connectivity index (χ3n) is 4.18. The third kappa shape index (κ3) is 3.33. The van der Waals surface area contributed by atoms with Crippen molar-refractivity contribution >= 4 is 5.90 Å². The highest BCUT2D eigenvalue weighted by Crippen LogP contribution is 2.38. The fraction of sp³-hybridized carbons (Fsp3) is 0.350. The smallest absolute Gasteiger partial charge is 0.217 e. The highest BCUT2D eigenvalue weighted by Gasteiger charge is 2.30. The lowest BCUT2D eigenvalue weighted by molar-refractivity contribution is 0.212. The van der Waals surface area contributed by atoms with E-state index in [0.29, 0.717) is 35.1 Å². The number of benzene rings is 2. The van der Waals surface area contributed by atoms with Crippen LogP contribution >= 0.6 is 0 Å². The van der Waals surface area contributed by atoms with Gasteiger partial charge in [-0.2, -0.15) is 0 Å². The lowest BCUT2D eigenvalue weighted by atomic mass is 9.95. The van der Waals surface area contributed by atoms with Gasteiger partial charge in [-0.3, -0.25) is 0 Å². The second kappa shape index (κ2) is 6.76. The molecule has 2 aromatic rings. The maximum atomic E-state index is 11.0. The van der Waals surface area contributed by atoms with Crippen molar-refractivity contribution in [2.45, 2.75) is 25.5 Å². The van der Waals surface area contributed by atoms with Crippen LogP contribution in [0.4, 0.5) is 0 Å². The number of hydrogen-bond donors (Lipinski definition) is 1. The molecule has 0 radical (unpaired) electrons. The number of para-hydroxylation sites is 1. The SMILES string of the molecule is COc1cccc(C(O)c2ccccc2C2=NC(C)(C)CO2)c1OC. The average Bonchev–Trinajstić information content (AvgIpc) is 3.00. The second-order valence-corrected chi connectivity index (χ2v) is 6.59. The Bertz CT molecular complexity index is 798. The van der Waals surface area contributed by atoms with Gasteiger partial charge in [0, 0.05) is 11.1 Å². The number of aliphatic hydroxyl groups excluding tert-OH is 1. The molecule has 1 unspecified atom stereocenters. The molecule has 0 amide bonds. The Morgan fingerprint density at radius 3 is 2.40 bits per heavy atom. The first kappa shape index (κ1) is 17.3. The van der Waals surface area contributed by atoms with Crippen LogP contribution in [0.5, 0.6) is 11.5 Å². The standard InChI is InChI=1S/C20H23NO4/c1-20(2)12-25-19(21-20)14-9-6-5-8-13(14)17(22)15-10-7-11-16(23-3)18(15)24-4/h5-11,17,22H,12H2,1-4H3. The predicted octanol–water partition coefficient (Wildman–Crippen LogP) is 3.34. The first-order valence-electron chi connectivity index (χ1n) is 8.18. The molecule has 0 fully saturated rings. The summed E-state index contributed by atoms with van der Waals surface area (Å²) in [5.41, 5.74) is 1.87. The van der Waals surface area contributed by atoms with Crippen molar-refractivity contribution in [3.63, 3.8) is 0 Å². The Kier molecular flexibility index (Phi) is 4.68. The highest BCUT2D eigenvalue weighted by molar-refractivity contribution is 5.97. The van der Waals surface area contributed by atoms with Gasteiger partial charge in [0.2, 0.25) is 5.90 Å². The number of aliphatic imine (C=N–C) groups is 1. The predicted molar refractivity (Wildman–Crippen MR) is 96.6 cm³/mol. The Morgan fingerprint density at radius 1 is 1.04 bits per heavy atom. The van der Waals surface area contributed by atoms with Crippen LogP contribution in [0.15, 0.2) is 47.5 Å². The lowest BCUT2D eigenvalue weighted by Crippen LogP contribution is -2.17. The van der Waals surface area contributed by atoms with E-state index < -0.39 is 6.10 Å². The molecule has 0 saturated carbocycles. The summed E-state index contributed by atoms with van der Waals surface area (Å²) in [6.45, 7) is 4.56. The second-order valence-electron chi connectivity index (χ2n) is 6.59. The molecule has 0 saturated heterocycles.